The lowest BCUT2D eigenvalue weighted by Gasteiger charge is -2.13. The largest absolute Gasteiger partial charge is 0.331 e. The van der Waals surface area contributed by atoms with Crippen LogP contribution in [0.25, 0.3) is 22.0 Å². The van der Waals surface area contributed by atoms with Gasteiger partial charge in [0, 0.05) is 33.8 Å². The van der Waals surface area contributed by atoms with E-state index < -0.39 is 33.1 Å². The molecule has 0 unspecified atom stereocenters. The molecule has 5 rings (SSSR count). The monoisotopic (exact) mass is 497 g/mol. The first-order valence-corrected chi connectivity index (χ1v) is 12.8. The number of carbonyl (C=O) groups is 1. The molecule has 0 fully saturated rings. The molecule has 2 aromatic heterocycles. The van der Waals surface area contributed by atoms with Crippen LogP contribution in [0.4, 0.5) is 8.78 Å². The minimum Gasteiger partial charge on any atom is -0.331 e. The van der Waals surface area contributed by atoms with Crippen LogP contribution in [0.5, 0.6) is 0 Å². The fourth-order valence-corrected chi connectivity index (χ4v) is 5.30. The molecule has 0 atom stereocenters. The summed E-state index contributed by atoms with van der Waals surface area (Å²) in [4.78, 5) is 28.9. The van der Waals surface area contributed by atoms with Crippen molar-refractivity contribution >= 4 is 26.8 Å². The second kappa shape index (κ2) is 8.46. The third kappa shape index (κ3) is 4.14. The van der Waals surface area contributed by atoms with Crippen LogP contribution in [0, 0.1) is 11.6 Å². The Morgan fingerprint density at radius 1 is 1.14 bits per heavy atom. The summed E-state index contributed by atoms with van der Waals surface area (Å²) in [7, 11) is -3.97. The molecule has 180 valence electrons. The van der Waals surface area contributed by atoms with E-state index in [1.54, 1.807) is 18.2 Å². The Morgan fingerprint density at radius 3 is 2.69 bits per heavy atom. The van der Waals surface area contributed by atoms with Gasteiger partial charge in [0.1, 0.15) is 17.3 Å². The molecule has 2 heterocycles. The number of carbonyl (C=O) groups excluding carboxylic acids is 1. The third-order valence-electron chi connectivity index (χ3n) is 6.23. The predicted octanol–water partition coefficient (Wildman–Crippen LogP) is 3.50. The first kappa shape index (κ1) is 23.0. The molecule has 1 aliphatic carbocycles. The predicted molar refractivity (Wildman–Crippen MR) is 128 cm³/mol. The van der Waals surface area contributed by atoms with Crippen molar-refractivity contribution in [2.24, 2.45) is 0 Å². The molecule has 2 aromatic carbocycles. The van der Waals surface area contributed by atoms with Crippen LogP contribution in [0.1, 0.15) is 33.6 Å². The number of fused-ring (bicyclic) bond motifs is 3. The summed E-state index contributed by atoms with van der Waals surface area (Å²) in [5.41, 5.74) is 2.37. The summed E-state index contributed by atoms with van der Waals surface area (Å²) >= 11 is 0. The van der Waals surface area contributed by atoms with Crippen molar-refractivity contribution in [2.45, 2.75) is 25.8 Å². The number of aryl methyl sites for hydroxylation is 2. The summed E-state index contributed by atoms with van der Waals surface area (Å²) < 4.78 is 56.0. The number of benzene rings is 2. The molecule has 0 spiro atoms. The molecule has 4 aromatic rings. The first-order valence-electron chi connectivity index (χ1n) is 10.9. The zero-order valence-corrected chi connectivity index (χ0v) is 19.5. The second-order valence-corrected chi connectivity index (χ2v) is 10.4. The molecular weight excluding hydrogens is 476 g/mol. The lowest BCUT2D eigenvalue weighted by molar-refractivity contribution is 0.0974. The number of nitrogens with one attached hydrogen (secondary N) is 2. The highest BCUT2D eigenvalue weighted by Crippen LogP contribution is 2.40. The minimum absolute atomic E-state index is 0.0238. The second-order valence-electron chi connectivity index (χ2n) is 8.61. The molecule has 0 saturated carbocycles. The van der Waals surface area contributed by atoms with Gasteiger partial charge in [-0.1, -0.05) is 6.07 Å². The van der Waals surface area contributed by atoms with Gasteiger partial charge in [0.05, 0.1) is 12.8 Å². The van der Waals surface area contributed by atoms with Crippen molar-refractivity contribution < 1.29 is 22.0 Å². The summed E-state index contributed by atoms with van der Waals surface area (Å²) in [6.45, 7) is -0.254. The third-order valence-corrected chi connectivity index (χ3v) is 6.78. The zero-order valence-electron chi connectivity index (χ0n) is 18.7. The number of pyridine rings is 1. The van der Waals surface area contributed by atoms with Crippen LogP contribution >= 0.6 is 0 Å². The fraction of sp³-hybridized carbons (Fsp3) is 0.200. The molecule has 0 saturated heterocycles. The SMILES string of the molecule is CS(=O)(=O)NC(=O)c1c(-c2ccc[nH]c2=O)c2c3c(ccc2n1Cc1cc(F)ccc1F)CCC3. The highest BCUT2D eigenvalue weighted by Gasteiger charge is 2.30. The number of nitrogens with zero attached hydrogens (tertiary/aromatic N) is 1. The van der Waals surface area contributed by atoms with E-state index in [2.05, 4.69) is 4.98 Å². The Morgan fingerprint density at radius 2 is 1.94 bits per heavy atom. The molecular formula is C25H21F2N3O4S. The molecule has 10 heteroatoms. The van der Waals surface area contributed by atoms with E-state index in [1.165, 1.54) is 10.8 Å². The van der Waals surface area contributed by atoms with Crippen LogP contribution < -0.4 is 10.3 Å². The van der Waals surface area contributed by atoms with Gasteiger partial charge in [0.15, 0.2) is 0 Å². The molecule has 1 amide bonds. The van der Waals surface area contributed by atoms with E-state index in [0.717, 1.165) is 48.4 Å². The highest BCUT2D eigenvalue weighted by molar-refractivity contribution is 7.89. The van der Waals surface area contributed by atoms with Gasteiger partial charge in [-0.15, -0.1) is 0 Å². The topological polar surface area (TPSA) is 101 Å². The van der Waals surface area contributed by atoms with E-state index in [9.17, 15) is 26.8 Å². The number of halogens is 2. The van der Waals surface area contributed by atoms with Crippen LogP contribution in [0.15, 0.2) is 53.5 Å². The molecule has 7 nitrogen and oxygen atoms in total. The van der Waals surface area contributed by atoms with Crippen molar-refractivity contribution in [3.05, 3.63) is 93.0 Å². The van der Waals surface area contributed by atoms with Gasteiger partial charge < -0.3 is 9.55 Å². The molecule has 35 heavy (non-hydrogen) atoms. The van der Waals surface area contributed by atoms with E-state index >= 15 is 0 Å². The smallest absolute Gasteiger partial charge is 0.282 e. The van der Waals surface area contributed by atoms with Crippen LogP contribution in [0.2, 0.25) is 0 Å². The summed E-state index contributed by atoms with van der Waals surface area (Å²) in [5.74, 6) is -2.30. The Balaban J connectivity index is 1.90. The van der Waals surface area contributed by atoms with E-state index in [0.29, 0.717) is 17.3 Å². The maximum atomic E-state index is 14.6. The lowest BCUT2D eigenvalue weighted by atomic mass is 9.97. The number of hydrogen-bond acceptors (Lipinski definition) is 4. The maximum absolute atomic E-state index is 14.6. The normalized spacial score (nSPS) is 13.2. The average Bonchev–Trinajstić information content (AvgIpc) is 3.38. The Bertz CT molecular complexity index is 1670. The summed E-state index contributed by atoms with van der Waals surface area (Å²) in [5, 5.41) is 0.632. The molecule has 0 radical (unpaired) electrons. The summed E-state index contributed by atoms with van der Waals surface area (Å²) in [6, 6.07) is 9.86. The van der Waals surface area contributed by atoms with Crippen molar-refractivity contribution in [3.63, 3.8) is 0 Å². The van der Waals surface area contributed by atoms with E-state index in [1.807, 2.05) is 10.8 Å². The van der Waals surface area contributed by atoms with Crippen molar-refractivity contribution in [3.8, 4) is 11.1 Å². The number of aromatic amines is 1. The van der Waals surface area contributed by atoms with Gasteiger partial charge in [-0.25, -0.2) is 21.9 Å². The Hall–Kier alpha value is -3.79. The van der Waals surface area contributed by atoms with E-state index in [4.69, 9.17) is 0 Å². The van der Waals surface area contributed by atoms with Gasteiger partial charge in [0.25, 0.3) is 11.5 Å². The minimum atomic E-state index is -3.97. The van der Waals surface area contributed by atoms with Gasteiger partial charge in [-0.05, 0) is 66.8 Å². The van der Waals surface area contributed by atoms with Crippen molar-refractivity contribution in [2.75, 3.05) is 6.26 Å². The Kier molecular flexibility index (Phi) is 5.55. The molecule has 1 aliphatic rings. The summed E-state index contributed by atoms with van der Waals surface area (Å²) in [6.07, 6.45) is 4.71. The van der Waals surface area contributed by atoms with Crippen molar-refractivity contribution in [1.29, 1.82) is 0 Å². The number of rotatable bonds is 5. The first-order chi connectivity index (χ1) is 16.6. The van der Waals surface area contributed by atoms with Gasteiger partial charge in [-0.3, -0.25) is 9.59 Å². The number of aromatic nitrogens is 2. The standard InChI is InChI=1S/C25H21F2N3O4S/c1-35(33,34)29-25(32)23-22(18-6-3-11-28-24(18)31)21-17-5-2-4-14(17)7-10-20(21)30(23)13-15-12-16(26)8-9-19(15)27/h3,6-12H,2,4-5,13H2,1H3,(H,28,31)(H,29,32). The molecule has 2 N–H and O–H groups in total. The van der Waals surface area contributed by atoms with Crippen LogP contribution in [0.3, 0.4) is 0 Å². The Labute approximate surface area is 199 Å². The van der Waals surface area contributed by atoms with Gasteiger partial charge in [0.2, 0.25) is 10.0 Å². The highest BCUT2D eigenvalue weighted by atomic mass is 32.2. The average molecular weight is 498 g/mol. The zero-order chi connectivity index (χ0) is 24.9. The van der Waals surface area contributed by atoms with E-state index in [-0.39, 0.29) is 28.9 Å². The number of H-pyrrole nitrogens is 1. The molecule has 0 bridgehead atoms. The van der Waals surface area contributed by atoms with Gasteiger partial charge >= 0.3 is 0 Å². The maximum Gasteiger partial charge on any atom is 0.282 e. The number of amides is 1. The molecule has 0 aliphatic heterocycles. The number of sulfonamides is 1. The van der Waals surface area contributed by atoms with Gasteiger partial charge in [-0.2, -0.15) is 0 Å². The number of hydrogen-bond donors (Lipinski definition) is 2. The van der Waals surface area contributed by atoms with Crippen LogP contribution in [-0.2, 0) is 29.4 Å². The quantitative estimate of drug-likeness (QED) is 0.441. The fourth-order valence-electron chi connectivity index (χ4n) is 4.86. The lowest BCUT2D eigenvalue weighted by Crippen LogP contribution is -2.32. The van der Waals surface area contributed by atoms with Crippen molar-refractivity contribution in [1.82, 2.24) is 14.3 Å². The van der Waals surface area contributed by atoms with Crippen LogP contribution in [-0.4, -0.2) is 30.1 Å².